The Hall–Kier alpha value is -2.30. The zero-order chi connectivity index (χ0) is 16.5. The minimum absolute atomic E-state index is 0.105. The minimum atomic E-state index is -0.105. The fourth-order valence-corrected chi connectivity index (χ4v) is 2.45. The fourth-order valence-electron chi connectivity index (χ4n) is 2.45. The molecule has 0 aliphatic carbocycles. The molecule has 124 valence electrons. The monoisotopic (exact) mass is 316 g/mol. The van der Waals surface area contributed by atoms with E-state index in [2.05, 4.69) is 5.10 Å². The Morgan fingerprint density at radius 3 is 2.74 bits per heavy atom. The molecule has 0 spiro atoms. The highest BCUT2D eigenvalue weighted by atomic mass is 16.5. The van der Waals surface area contributed by atoms with Crippen LogP contribution in [0.2, 0.25) is 0 Å². The third-order valence-corrected chi connectivity index (χ3v) is 3.64. The molecule has 0 fully saturated rings. The number of carbonyl (C=O) groups excluding carboxylic acids is 1. The summed E-state index contributed by atoms with van der Waals surface area (Å²) in [4.78, 5) is 11.2. The van der Waals surface area contributed by atoms with Crippen LogP contribution in [0, 0.1) is 0 Å². The van der Waals surface area contributed by atoms with Crippen molar-refractivity contribution in [3.8, 4) is 17.0 Å². The fraction of sp³-hybridized carbons (Fsp3) is 0.444. The molecule has 1 aromatic heterocycles. The van der Waals surface area contributed by atoms with Crippen molar-refractivity contribution in [2.45, 2.75) is 45.6 Å². The first-order valence-corrected chi connectivity index (χ1v) is 8.18. The molecule has 0 saturated carbocycles. The summed E-state index contributed by atoms with van der Waals surface area (Å²) in [5.41, 5.74) is 1.53. The lowest BCUT2D eigenvalue weighted by atomic mass is 10.1. The normalized spacial score (nSPS) is 10.7. The van der Waals surface area contributed by atoms with E-state index in [9.17, 15) is 9.90 Å². The lowest BCUT2D eigenvalue weighted by Gasteiger charge is -2.03. The Balaban J connectivity index is 1.70. The zero-order valence-electron chi connectivity index (χ0n) is 13.6. The van der Waals surface area contributed by atoms with E-state index in [-0.39, 0.29) is 11.7 Å². The van der Waals surface area contributed by atoms with Crippen LogP contribution in [0.5, 0.6) is 5.75 Å². The number of phenolic OH excluding ortho intramolecular Hbond substituents is 1. The van der Waals surface area contributed by atoms with E-state index in [4.69, 9.17) is 4.74 Å². The summed E-state index contributed by atoms with van der Waals surface area (Å²) in [5.74, 6) is 0.142. The Morgan fingerprint density at radius 1 is 1.17 bits per heavy atom. The molecular formula is C18H24N2O3. The molecule has 0 amide bonds. The molecule has 1 heterocycles. The van der Waals surface area contributed by atoms with Crippen LogP contribution >= 0.6 is 0 Å². The maximum absolute atomic E-state index is 11.2. The summed E-state index contributed by atoms with van der Waals surface area (Å²) in [6.45, 7) is 3.12. The van der Waals surface area contributed by atoms with Crippen molar-refractivity contribution in [3.05, 3.63) is 36.5 Å². The highest BCUT2D eigenvalue weighted by Crippen LogP contribution is 2.26. The van der Waals surface area contributed by atoms with Gasteiger partial charge in [0.2, 0.25) is 0 Å². The molecular weight excluding hydrogens is 292 g/mol. The highest BCUT2D eigenvalue weighted by Gasteiger charge is 2.06. The molecule has 1 aromatic carbocycles. The summed E-state index contributed by atoms with van der Waals surface area (Å²) < 4.78 is 6.79. The predicted molar refractivity (Wildman–Crippen MR) is 89.0 cm³/mol. The number of phenols is 1. The van der Waals surface area contributed by atoms with Gasteiger partial charge in [0.25, 0.3) is 0 Å². The van der Waals surface area contributed by atoms with Gasteiger partial charge in [0.05, 0.1) is 12.3 Å². The Morgan fingerprint density at radius 2 is 1.96 bits per heavy atom. The van der Waals surface area contributed by atoms with Gasteiger partial charge in [-0.15, -0.1) is 0 Å². The van der Waals surface area contributed by atoms with Gasteiger partial charge in [-0.05, 0) is 38.0 Å². The third-order valence-electron chi connectivity index (χ3n) is 3.64. The standard InChI is InChI=1S/C18H24N2O3/c1-2-23-18(22)11-5-3-4-8-13-20-14-12-16(19-20)15-9-6-7-10-17(15)21/h6-7,9-10,12,14,21H,2-5,8,11,13H2,1H3. The molecule has 0 atom stereocenters. The lowest BCUT2D eigenvalue weighted by molar-refractivity contribution is -0.143. The first-order chi connectivity index (χ1) is 11.2. The molecule has 0 aliphatic heterocycles. The molecule has 2 aromatic rings. The number of hydrogen-bond acceptors (Lipinski definition) is 4. The molecule has 2 rings (SSSR count). The maximum Gasteiger partial charge on any atom is 0.305 e. The van der Waals surface area contributed by atoms with Crippen molar-refractivity contribution in [1.82, 2.24) is 9.78 Å². The number of carbonyl (C=O) groups is 1. The average Bonchev–Trinajstić information content (AvgIpc) is 3.00. The number of aromatic nitrogens is 2. The van der Waals surface area contributed by atoms with E-state index in [0.717, 1.165) is 43.5 Å². The minimum Gasteiger partial charge on any atom is -0.507 e. The van der Waals surface area contributed by atoms with Crippen LogP contribution in [-0.4, -0.2) is 27.5 Å². The zero-order valence-corrected chi connectivity index (χ0v) is 13.6. The van der Waals surface area contributed by atoms with Crippen LogP contribution in [0.3, 0.4) is 0 Å². The number of esters is 1. The molecule has 0 bridgehead atoms. The Bertz CT molecular complexity index is 622. The third kappa shape index (κ3) is 5.43. The van der Waals surface area contributed by atoms with Gasteiger partial charge in [0.1, 0.15) is 5.75 Å². The number of hydrogen-bond donors (Lipinski definition) is 1. The van der Waals surface area contributed by atoms with Gasteiger partial charge in [-0.3, -0.25) is 9.48 Å². The van der Waals surface area contributed by atoms with Gasteiger partial charge in [-0.2, -0.15) is 5.10 Å². The number of aromatic hydroxyl groups is 1. The topological polar surface area (TPSA) is 64.3 Å². The van der Waals surface area contributed by atoms with Crippen molar-refractivity contribution in [3.63, 3.8) is 0 Å². The number of nitrogens with zero attached hydrogens (tertiary/aromatic N) is 2. The van der Waals surface area contributed by atoms with Crippen molar-refractivity contribution < 1.29 is 14.6 Å². The van der Waals surface area contributed by atoms with Crippen LogP contribution in [0.4, 0.5) is 0 Å². The lowest BCUT2D eigenvalue weighted by Crippen LogP contribution is -2.03. The van der Waals surface area contributed by atoms with Gasteiger partial charge >= 0.3 is 5.97 Å². The van der Waals surface area contributed by atoms with E-state index >= 15 is 0 Å². The SMILES string of the molecule is CCOC(=O)CCCCCCn1ccc(-c2ccccc2O)n1. The van der Waals surface area contributed by atoms with Crippen LogP contribution in [0.15, 0.2) is 36.5 Å². The second-order valence-corrected chi connectivity index (χ2v) is 5.45. The van der Waals surface area contributed by atoms with E-state index in [1.54, 1.807) is 12.1 Å². The number of aryl methyl sites for hydroxylation is 1. The van der Waals surface area contributed by atoms with Gasteiger partial charge in [-0.25, -0.2) is 0 Å². The number of benzene rings is 1. The first kappa shape index (κ1) is 17.1. The van der Waals surface area contributed by atoms with Crippen LogP contribution in [0.1, 0.15) is 39.0 Å². The van der Waals surface area contributed by atoms with Crippen molar-refractivity contribution in [2.75, 3.05) is 6.61 Å². The molecule has 0 radical (unpaired) electrons. The van der Waals surface area contributed by atoms with Crippen LogP contribution in [-0.2, 0) is 16.1 Å². The van der Waals surface area contributed by atoms with E-state index in [1.807, 2.05) is 36.0 Å². The summed E-state index contributed by atoms with van der Waals surface area (Å²) in [6, 6.07) is 9.12. The van der Waals surface area contributed by atoms with E-state index in [0.29, 0.717) is 13.0 Å². The summed E-state index contributed by atoms with van der Waals surface area (Å²) in [5, 5.41) is 14.3. The number of para-hydroxylation sites is 1. The van der Waals surface area contributed by atoms with Gasteiger partial charge in [-0.1, -0.05) is 25.0 Å². The van der Waals surface area contributed by atoms with Gasteiger partial charge in [0, 0.05) is 24.7 Å². The Labute approximate surface area is 136 Å². The highest BCUT2D eigenvalue weighted by molar-refractivity contribution is 5.69. The quantitative estimate of drug-likeness (QED) is 0.565. The predicted octanol–water partition coefficient (Wildman–Crippen LogP) is 3.77. The summed E-state index contributed by atoms with van der Waals surface area (Å²) in [7, 11) is 0. The second kappa shape index (κ2) is 8.98. The smallest absolute Gasteiger partial charge is 0.305 e. The first-order valence-electron chi connectivity index (χ1n) is 8.18. The molecule has 0 saturated heterocycles. The maximum atomic E-state index is 11.2. The summed E-state index contributed by atoms with van der Waals surface area (Å²) in [6.07, 6.45) is 6.41. The molecule has 1 N–H and O–H groups in total. The average molecular weight is 316 g/mol. The number of unbranched alkanes of at least 4 members (excludes halogenated alkanes) is 3. The van der Waals surface area contributed by atoms with E-state index < -0.39 is 0 Å². The Kier molecular flexibility index (Phi) is 6.66. The van der Waals surface area contributed by atoms with Gasteiger partial charge < -0.3 is 9.84 Å². The number of ether oxygens (including phenoxy) is 1. The largest absolute Gasteiger partial charge is 0.507 e. The number of rotatable bonds is 9. The molecule has 0 aliphatic rings. The van der Waals surface area contributed by atoms with Gasteiger partial charge in [0.15, 0.2) is 0 Å². The summed E-state index contributed by atoms with van der Waals surface area (Å²) >= 11 is 0. The van der Waals surface area contributed by atoms with Crippen LogP contribution in [0.25, 0.3) is 11.3 Å². The molecule has 5 heteroatoms. The second-order valence-electron chi connectivity index (χ2n) is 5.45. The van der Waals surface area contributed by atoms with E-state index in [1.165, 1.54) is 0 Å². The van der Waals surface area contributed by atoms with Crippen molar-refractivity contribution in [1.29, 1.82) is 0 Å². The molecule has 0 unspecified atom stereocenters. The molecule has 23 heavy (non-hydrogen) atoms. The van der Waals surface area contributed by atoms with Crippen molar-refractivity contribution >= 4 is 5.97 Å². The van der Waals surface area contributed by atoms with Crippen LogP contribution < -0.4 is 0 Å². The molecule has 5 nitrogen and oxygen atoms in total. The van der Waals surface area contributed by atoms with Crippen molar-refractivity contribution in [2.24, 2.45) is 0 Å².